The fraction of sp³-hybridized carbons (Fsp3) is 0.538. The Balaban J connectivity index is 1.95. The summed E-state index contributed by atoms with van der Waals surface area (Å²) in [6, 6.07) is 6.34. The summed E-state index contributed by atoms with van der Waals surface area (Å²) in [6.45, 7) is 3.14. The molecule has 0 unspecified atom stereocenters. The number of likely N-dealkylation sites (tertiary alicyclic amines) is 1. The van der Waals surface area contributed by atoms with Gasteiger partial charge in [-0.1, -0.05) is 23.2 Å². The number of rotatable bonds is 3. The van der Waals surface area contributed by atoms with E-state index >= 15 is 0 Å². The SMILES string of the molecule is CNC1CCN(Cc2cc(Cl)ccc2Cl)CC1. The molecule has 2 rings (SSSR count). The van der Waals surface area contributed by atoms with E-state index in [-0.39, 0.29) is 0 Å². The van der Waals surface area contributed by atoms with Crippen molar-refractivity contribution in [2.24, 2.45) is 0 Å². The lowest BCUT2D eigenvalue weighted by atomic mass is 10.0. The normalized spacial score (nSPS) is 18.5. The second-order valence-electron chi connectivity index (χ2n) is 4.57. The van der Waals surface area contributed by atoms with Crippen LogP contribution in [0.5, 0.6) is 0 Å². The van der Waals surface area contributed by atoms with Gasteiger partial charge in [0.15, 0.2) is 0 Å². The molecule has 0 amide bonds. The Kier molecular flexibility index (Phi) is 4.69. The van der Waals surface area contributed by atoms with Crippen LogP contribution in [-0.2, 0) is 6.54 Å². The zero-order valence-corrected chi connectivity index (χ0v) is 11.6. The van der Waals surface area contributed by atoms with Crippen LogP contribution in [0.2, 0.25) is 10.0 Å². The Morgan fingerprint density at radius 3 is 2.65 bits per heavy atom. The van der Waals surface area contributed by atoms with Crippen molar-refractivity contribution in [2.75, 3.05) is 20.1 Å². The number of nitrogens with one attached hydrogen (secondary N) is 1. The van der Waals surface area contributed by atoms with Crippen LogP contribution in [0.25, 0.3) is 0 Å². The molecule has 1 fully saturated rings. The van der Waals surface area contributed by atoms with Crippen LogP contribution in [-0.4, -0.2) is 31.1 Å². The quantitative estimate of drug-likeness (QED) is 0.910. The summed E-state index contributed by atoms with van der Waals surface area (Å²) in [5.41, 5.74) is 1.13. The van der Waals surface area contributed by atoms with Crippen molar-refractivity contribution in [1.29, 1.82) is 0 Å². The maximum Gasteiger partial charge on any atom is 0.0452 e. The Hall–Kier alpha value is -0.280. The van der Waals surface area contributed by atoms with Crippen LogP contribution in [0.3, 0.4) is 0 Å². The Morgan fingerprint density at radius 1 is 1.29 bits per heavy atom. The van der Waals surface area contributed by atoms with Crippen molar-refractivity contribution in [3.05, 3.63) is 33.8 Å². The number of hydrogen-bond acceptors (Lipinski definition) is 2. The average Bonchev–Trinajstić information content (AvgIpc) is 2.35. The molecule has 0 aliphatic carbocycles. The maximum atomic E-state index is 6.17. The van der Waals surface area contributed by atoms with E-state index in [4.69, 9.17) is 23.2 Å². The first-order valence-corrected chi connectivity index (χ1v) is 6.78. The van der Waals surface area contributed by atoms with Gasteiger partial charge in [0.1, 0.15) is 0 Å². The van der Waals surface area contributed by atoms with Gasteiger partial charge in [-0.3, -0.25) is 4.90 Å². The van der Waals surface area contributed by atoms with Crippen molar-refractivity contribution in [3.8, 4) is 0 Å². The standard InChI is InChI=1S/C13H18Cl2N2/c1-16-12-4-6-17(7-5-12)9-10-8-11(14)2-3-13(10)15/h2-3,8,12,16H,4-7,9H2,1H3. The van der Waals surface area contributed by atoms with E-state index in [1.807, 2.05) is 25.2 Å². The molecule has 2 nitrogen and oxygen atoms in total. The highest BCUT2D eigenvalue weighted by molar-refractivity contribution is 6.33. The molecule has 0 spiro atoms. The van der Waals surface area contributed by atoms with Gasteiger partial charge >= 0.3 is 0 Å². The molecule has 1 N–H and O–H groups in total. The molecule has 1 aliphatic heterocycles. The summed E-state index contributed by atoms with van der Waals surface area (Å²) in [5, 5.41) is 4.90. The predicted octanol–water partition coefficient (Wildman–Crippen LogP) is 3.18. The van der Waals surface area contributed by atoms with Gasteiger partial charge in [0.05, 0.1) is 0 Å². The monoisotopic (exact) mass is 272 g/mol. The molecule has 1 saturated heterocycles. The van der Waals surface area contributed by atoms with Gasteiger partial charge in [-0.05, 0) is 56.7 Å². The van der Waals surface area contributed by atoms with Crippen molar-refractivity contribution in [2.45, 2.75) is 25.4 Å². The second kappa shape index (κ2) is 6.05. The van der Waals surface area contributed by atoms with Crippen LogP contribution in [0.1, 0.15) is 18.4 Å². The van der Waals surface area contributed by atoms with E-state index in [1.54, 1.807) is 0 Å². The van der Waals surface area contributed by atoms with Gasteiger partial charge in [0.25, 0.3) is 0 Å². The van der Waals surface area contributed by atoms with Gasteiger partial charge < -0.3 is 5.32 Å². The third-order valence-electron chi connectivity index (χ3n) is 3.40. The van der Waals surface area contributed by atoms with Crippen LogP contribution < -0.4 is 5.32 Å². The lowest BCUT2D eigenvalue weighted by Crippen LogP contribution is -2.40. The Labute approximate surface area is 113 Å². The molecule has 0 atom stereocenters. The van der Waals surface area contributed by atoms with Crippen LogP contribution in [0.4, 0.5) is 0 Å². The van der Waals surface area contributed by atoms with Crippen molar-refractivity contribution in [3.63, 3.8) is 0 Å². The van der Waals surface area contributed by atoms with E-state index < -0.39 is 0 Å². The fourth-order valence-corrected chi connectivity index (χ4v) is 2.66. The molecule has 0 aromatic heterocycles. The van der Waals surface area contributed by atoms with Gasteiger partial charge in [0.2, 0.25) is 0 Å². The van der Waals surface area contributed by atoms with Gasteiger partial charge in [0, 0.05) is 22.6 Å². The van der Waals surface area contributed by atoms with Gasteiger partial charge in [-0.2, -0.15) is 0 Å². The second-order valence-corrected chi connectivity index (χ2v) is 5.42. The highest BCUT2D eigenvalue weighted by Crippen LogP contribution is 2.23. The summed E-state index contributed by atoms with van der Waals surface area (Å²) >= 11 is 12.2. The van der Waals surface area contributed by atoms with E-state index in [9.17, 15) is 0 Å². The molecule has 1 aliphatic rings. The summed E-state index contributed by atoms with van der Waals surface area (Å²) in [5.74, 6) is 0. The van der Waals surface area contributed by atoms with Gasteiger partial charge in [-0.15, -0.1) is 0 Å². The van der Waals surface area contributed by atoms with Gasteiger partial charge in [-0.25, -0.2) is 0 Å². The third kappa shape index (κ3) is 3.59. The maximum absolute atomic E-state index is 6.17. The van der Waals surface area contributed by atoms with E-state index in [0.717, 1.165) is 35.2 Å². The lowest BCUT2D eigenvalue weighted by molar-refractivity contribution is 0.194. The molecule has 17 heavy (non-hydrogen) atoms. The minimum Gasteiger partial charge on any atom is -0.317 e. The molecule has 0 bridgehead atoms. The first kappa shape index (κ1) is 13.2. The van der Waals surface area contributed by atoms with E-state index in [1.165, 1.54) is 12.8 Å². The number of hydrogen-bond donors (Lipinski definition) is 1. The third-order valence-corrected chi connectivity index (χ3v) is 4.00. The first-order chi connectivity index (χ1) is 8.19. The molecular weight excluding hydrogens is 255 g/mol. The molecule has 1 heterocycles. The average molecular weight is 273 g/mol. The zero-order chi connectivity index (χ0) is 12.3. The minimum atomic E-state index is 0.668. The molecule has 0 radical (unpaired) electrons. The minimum absolute atomic E-state index is 0.668. The number of halogens is 2. The highest BCUT2D eigenvalue weighted by Gasteiger charge is 2.18. The van der Waals surface area contributed by atoms with Crippen molar-refractivity contribution < 1.29 is 0 Å². The fourth-order valence-electron chi connectivity index (χ4n) is 2.29. The molecule has 4 heteroatoms. The molecular formula is C13H18Cl2N2. The molecule has 1 aromatic carbocycles. The van der Waals surface area contributed by atoms with Crippen LogP contribution >= 0.6 is 23.2 Å². The number of benzene rings is 1. The largest absolute Gasteiger partial charge is 0.317 e. The first-order valence-electron chi connectivity index (χ1n) is 6.02. The number of nitrogens with zero attached hydrogens (tertiary/aromatic N) is 1. The topological polar surface area (TPSA) is 15.3 Å². The van der Waals surface area contributed by atoms with Crippen molar-refractivity contribution >= 4 is 23.2 Å². The molecule has 0 saturated carbocycles. The summed E-state index contributed by atoms with van der Waals surface area (Å²) < 4.78 is 0. The summed E-state index contributed by atoms with van der Waals surface area (Å²) in [6.07, 6.45) is 2.41. The Bertz CT molecular complexity index is 374. The van der Waals surface area contributed by atoms with Crippen LogP contribution in [0, 0.1) is 0 Å². The lowest BCUT2D eigenvalue weighted by Gasteiger charge is -2.31. The smallest absolute Gasteiger partial charge is 0.0452 e. The van der Waals surface area contributed by atoms with E-state index in [2.05, 4.69) is 10.2 Å². The summed E-state index contributed by atoms with van der Waals surface area (Å²) in [4.78, 5) is 2.44. The van der Waals surface area contributed by atoms with Crippen LogP contribution in [0.15, 0.2) is 18.2 Å². The Morgan fingerprint density at radius 2 is 2.00 bits per heavy atom. The number of piperidine rings is 1. The molecule has 94 valence electrons. The highest BCUT2D eigenvalue weighted by atomic mass is 35.5. The van der Waals surface area contributed by atoms with E-state index in [0.29, 0.717) is 6.04 Å². The predicted molar refractivity (Wildman–Crippen MR) is 73.8 cm³/mol. The zero-order valence-electron chi connectivity index (χ0n) is 10.0. The molecule has 1 aromatic rings. The summed E-state index contributed by atoms with van der Waals surface area (Å²) in [7, 11) is 2.04. The van der Waals surface area contributed by atoms with Crippen molar-refractivity contribution in [1.82, 2.24) is 10.2 Å².